The highest BCUT2D eigenvalue weighted by Crippen LogP contribution is 2.37. The molecule has 0 aromatic carbocycles. The zero-order valence-corrected chi connectivity index (χ0v) is 3.78. The molecule has 4 heavy (non-hydrogen) atoms. The molecule has 1 heteroatoms. The molecule has 1 rings (SSSR count). The van der Waals surface area contributed by atoms with Crippen LogP contribution in [-0.4, -0.2) is 11.8 Å². The predicted octanol–water partition coefficient (Wildman–Crippen LogP) is 1.07. The molecule has 0 aromatic rings. The zero-order chi connectivity index (χ0) is 2.99. The molecular formula is C3H7P. The molecule has 1 saturated heterocycles. The summed E-state index contributed by atoms with van der Waals surface area (Å²) in [4.78, 5) is 0. The van der Waals surface area contributed by atoms with Gasteiger partial charge in [-0.15, -0.1) is 8.58 Å². The summed E-state index contributed by atoms with van der Waals surface area (Å²) in [7, 11) is 1.31. The lowest BCUT2D eigenvalue weighted by molar-refractivity contribution is 1.25. The molecule has 1 aliphatic heterocycles. The third kappa shape index (κ3) is 0.422. The van der Waals surface area contributed by atoms with Crippen LogP contribution in [0.1, 0.15) is 6.92 Å². The van der Waals surface area contributed by atoms with Crippen LogP contribution in [0.5, 0.6) is 0 Å². The van der Waals surface area contributed by atoms with E-state index in [2.05, 4.69) is 6.92 Å². The summed E-state index contributed by atoms with van der Waals surface area (Å²) < 4.78 is 0. The first-order chi connectivity index (χ1) is 1.89. The van der Waals surface area contributed by atoms with Crippen molar-refractivity contribution in [2.45, 2.75) is 12.6 Å². The first-order valence-corrected chi connectivity index (χ1v) is 2.91. The molecule has 0 bridgehead atoms. The Labute approximate surface area is 28.4 Å². The molecule has 0 amide bonds. The van der Waals surface area contributed by atoms with Gasteiger partial charge in [0, 0.05) is 0 Å². The molecule has 2 unspecified atom stereocenters. The van der Waals surface area contributed by atoms with Crippen molar-refractivity contribution in [3.05, 3.63) is 0 Å². The van der Waals surface area contributed by atoms with Crippen LogP contribution in [0.3, 0.4) is 0 Å². The van der Waals surface area contributed by atoms with Gasteiger partial charge in [0.25, 0.3) is 0 Å². The second-order valence-electron chi connectivity index (χ2n) is 1.31. The molecule has 0 aromatic heterocycles. The SMILES string of the molecule is CC1CP1. The van der Waals surface area contributed by atoms with Crippen molar-refractivity contribution in [3.8, 4) is 0 Å². The van der Waals surface area contributed by atoms with Crippen LogP contribution in [0.25, 0.3) is 0 Å². The lowest BCUT2D eigenvalue weighted by Gasteiger charge is -1.52. The summed E-state index contributed by atoms with van der Waals surface area (Å²) in [5, 5.41) is 0. The Morgan fingerprint density at radius 3 is 2.25 bits per heavy atom. The lowest BCUT2D eigenvalue weighted by Crippen LogP contribution is -1.57. The average Bonchev–Trinajstić information content (AvgIpc) is 1.75. The van der Waals surface area contributed by atoms with Gasteiger partial charge in [-0.3, -0.25) is 0 Å². The van der Waals surface area contributed by atoms with E-state index in [1.807, 2.05) is 0 Å². The van der Waals surface area contributed by atoms with Gasteiger partial charge in [-0.25, -0.2) is 0 Å². The van der Waals surface area contributed by atoms with Crippen molar-refractivity contribution in [3.63, 3.8) is 0 Å². The maximum absolute atomic E-state index is 2.29. The summed E-state index contributed by atoms with van der Waals surface area (Å²) in [5.74, 6) is 0. The Morgan fingerprint density at radius 2 is 2.25 bits per heavy atom. The molecular weight excluding hydrogens is 67.0 g/mol. The highest BCUT2D eigenvalue weighted by molar-refractivity contribution is 7.47. The first kappa shape index (κ1) is 2.66. The van der Waals surface area contributed by atoms with E-state index in [1.54, 1.807) is 0 Å². The van der Waals surface area contributed by atoms with Crippen molar-refractivity contribution in [1.29, 1.82) is 0 Å². The van der Waals surface area contributed by atoms with E-state index in [0.717, 1.165) is 5.66 Å². The second-order valence-corrected chi connectivity index (χ2v) is 3.11. The molecule has 24 valence electrons. The molecule has 0 spiro atoms. The van der Waals surface area contributed by atoms with Gasteiger partial charge < -0.3 is 0 Å². The average molecular weight is 74.1 g/mol. The van der Waals surface area contributed by atoms with Crippen LogP contribution in [0, 0.1) is 0 Å². The van der Waals surface area contributed by atoms with Gasteiger partial charge in [-0.2, -0.15) is 0 Å². The van der Waals surface area contributed by atoms with Gasteiger partial charge in [0.1, 0.15) is 0 Å². The fourth-order valence-electron chi connectivity index (χ4n) is 0.118. The molecule has 1 fully saturated rings. The van der Waals surface area contributed by atoms with Crippen molar-refractivity contribution < 1.29 is 0 Å². The Bertz CT molecular complexity index is 22.5. The van der Waals surface area contributed by atoms with Crippen molar-refractivity contribution in [1.82, 2.24) is 0 Å². The molecule has 0 saturated carbocycles. The van der Waals surface area contributed by atoms with Crippen LogP contribution < -0.4 is 0 Å². The van der Waals surface area contributed by atoms with Gasteiger partial charge in [0.15, 0.2) is 0 Å². The Morgan fingerprint density at radius 1 is 2.00 bits per heavy atom. The van der Waals surface area contributed by atoms with Crippen molar-refractivity contribution in [2.75, 3.05) is 6.16 Å². The van der Waals surface area contributed by atoms with E-state index in [-0.39, 0.29) is 0 Å². The summed E-state index contributed by atoms with van der Waals surface area (Å²) >= 11 is 0. The van der Waals surface area contributed by atoms with E-state index in [1.165, 1.54) is 14.7 Å². The Hall–Kier alpha value is 0.430. The summed E-state index contributed by atoms with van der Waals surface area (Å²) in [5.41, 5.74) is 1.11. The predicted molar refractivity (Wildman–Crippen MR) is 22.6 cm³/mol. The van der Waals surface area contributed by atoms with E-state index >= 15 is 0 Å². The third-order valence-electron chi connectivity index (χ3n) is 0.612. The monoisotopic (exact) mass is 74.0 g/mol. The van der Waals surface area contributed by atoms with E-state index in [4.69, 9.17) is 0 Å². The van der Waals surface area contributed by atoms with E-state index in [0.29, 0.717) is 0 Å². The van der Waals surface area contributed by atoms with Gasteiger partial charge >= 0.3 is 0 Å². The minimum Gasteiger partial charge on any atom is -0.118 e. The van der Waals surface area contributed by atoms with Crippen LogP contribution in [-0.2, 0) is 0 Å². The second kappa shape index (κ2) is 0.687. The number of rotatable bonds is 0. The molecule has 1 aliphatic rings. The first-order valence-electron chi connectivity index (χ1n) is 1.63. The molecule has 2 atom stereocenters. The minimum atomic E-state index is 1.11. The van der Waals surface area contributed by atoms with E-state index < -0.39 is 0 Å². The fraction of sp³-hybridized carbons (Fsp3) is 1.00. The van der Waals surface area contributed by atoms with Crippen molar-refractivity contribution >= 4 is 8.58 Å². The summed E-state index contributed by atoms with van der Waals surface area (Å²) in [6, 6.07) is 0. The largest absolute Gasteiger partial charge is 0.118 e. The van der Waals surface area contributed by atoms with Gasteiger partial charge in [0.2, 0.25) is 0 Å². The maximum atomic E-state index is 2.29. The molecule has 1 heterocycles. The normalized spacial score (nSPS) is 45.8. The van der Waals surface area contributed by atoms with Crippen LogP contribution in [0.4, 0.5) is 0 Å². The van der Waals surface area contributed by atoms with E-state index in [9.17, 15) is 0 Å². The quantitative estimate of drug-likeness (QED) is 0.377. The van der Waals surface area contributed by atoms with Gasteiger partial charge in [-0.1, -0.05) is 6.92 Å². The zero-order valence-electron chi connectivity index (χ0n) is 2.78. The smallest absolute Gasteiger partial charge is 0.0228 e. The highest BCUT2D eigenvalue weighted by atomic mass is 31.1. The van der Waals surface area contributed by atoms with Crippen LogP contribution in [0.2, 0.25) is 0 Å². The number of hydrogen-bond donors (Lipinski definition) is 0. The van der Waals surface area contributed by atoms with Crippen LogP contribution >= 0.6 is 8.58 Å². The maximum Gasteiger partial charge on any atom is -0.0228 e. The van der Waals surface area contributed by atoms with Crippen molar-refractivity contribution in [2.24, 2.45) is 0 Å². The standard InChI is InChI=1S/C3H7P/c1-3-2-4-3/h3-4H,2H2,1H3. The minimum absolute atomic E-state index is 1.11. The molecule has 0 nitrogen and oxygen atoms in total. The lowest BCUT2D eigenvalue weighted by atomic mass is 10.6. The Kier molecular flexibility index (Phi) is 0.456. The summed E-state index contributed by atoms with van der Waals surface area (Å²) in [6.07, 6.45) is 1.51. The van der Waals surface area contributed by atoms with Gasteiger partial charge in [-0.05, 0) is 11.8 Å². The number of hydrogen-bond acceptors (Lipinski definition) is 0. The fourth-order valence-corrected chi connectivity index (χ4v) is 0.354. The van der Waals surface area contributed by atoms with Crippen LogP contribution in [0.15, 0.2) is 0 Å². The topological polar surface area (TPSA) is 0 Å². The molecule has 0 aliphatic carbocycles. The van der Waals surface area contributed by atoms with Gasteiger partial charge in [0.05, 0.1) is 0 Å². The molecule has 0 radical (unpaired) electrons. The molecule has 0 N–H and O–H groups in total. The Balaban J connectivity index is 2.17. The summed E-state index contributed by atoms with van der Waals surface area (Å²) in [6.45, 7) is 2.29. The highest BCUT2D eigenvalue weighted by Gasteiger charge is 2.12. The third-order valence-corrected chi connectivity index (χ3v) is 1.84.